The summed E-state index contributed by atoms with van der Waals surface area (Å²) in [4.78, 5) is 27.9. The molecular formula is C20H20F2N2O2. The number of rotatable bonds is 4. The van der Waals surface area contributed by atoms with E-state index in [4.69, 9.17) is 0 Å². The average Bonchev–Trinajstić information content (AvgIpc) is 2.67. The summed E-state index contributed by atoms with van der Waals surface area (Å²) in [7, 11) is 0. The molecule has 1 aliphatic heterocycles. The van der Waals surface area contributed by atoms with Crippen molar-refractivity contribution in [2.45, 2.75) is 12.8 Å². The molecule has 0 atom stereocenters. The van der Waals surface area contributed by atoms with Gasteiger partial charge in [-0.25, -0.2) is 8.78 Å². The lowest BCUT2D eigenvalue weighted by Crippen LogP contribution is -2.50. The fraction of sp³-hybridized carbons (Fsp3) is 0.300. The molecule has 1 saturated heterocycles. The molecule has 0 saturated carbocycles. The van der Waals surface area contributed by atoms with Crippen molar-refractivity contribution in [3.63, 3.8) is 0 Å². The maximum absolute atomic E-state index is 13.8. The van der Waals surface area contributed by atoms with Crippen molar-refractivity contribution in [1.82, 2.24) is 9.80 Å². The van der Waals surface area contributed by atoms with Crippen LogP contribution in [0, 0.1) is 11.6 Å². The number of hydrogen-bond acceptors (Lipinski definition) is 2. The third kappa shape index (κ3) is 4.07. The second-order valence-electron chi connectivity index (χ2n) is 6.24. The van der Waals surface area contributed by atoms with E-state index in [9.17, 15) is 18.4 Å². The van der Waals surface area contributed by atoms with E-state index in [0.717, 1.165) is 0 Å². The Kier molecular flexibility index (Phi) is 5.61. The van der Waals surface area contributed by atoms with Gasteiger partial charge in [0.2, 0.25) is 5.91 Å². The van der Waals surface area contributed by atoms with Gasteiger partial charge < -0.3 is 9.80 Å². The summed E-state index contributed by atoms with van der Waals surface area (Å²) in [6.07, 6.45) is 0.571. The number of benzene rings is 2. The monoisotopic (exact) mass is 358 g/mol. The summed E-state index contributed by atoms with van der Waals surface area (Å²) in [5.41, 5.74) is 0.570. The van der Waals surface area contributed by atoms with Crippen molar-refractivity contribution in [2.75, 3.05) is 26.2 Å². The molecule has 2 aromatic rings. The highest BCUT2D eigenvalue weighted by Gasteiger charge is 2.26. The van der Waals surface area contributed by atoms with Gasteiger partial charge in [0, 0.05) is 32.6 Å². The van der Waals surface area contributed by atoms with Gasteiger partial charge in [-0.15, -0.1) is 0 Å². The first-order valence-corrected chi connectivity index (χ1v) is 8.61. The van der Waals surface area contributed by atoms with Crippen LogP contribution in [0.15, 0.2) is 48.5 Å². The lowest BCUT2D eigenvalue weighted by Gasteiger charge is -2.35. The highest BCUT2D eigenvalue weighted by atomic mass is 19.1. The molecule has 1 aliphatic rings. The molecule has 1 fully saturated rings. The van der Waals surface area contributed by atoms with Crippen LogP contribution in [0.1, 0.15) is 22.3 Å². The topological polar surface area (TPSA) is 40.6 Å². The van der Waals surface area contributed by atoms with Crippen molar-refractivity contribution >= 4 is 11.8 Å². The first-order chi connectivity index (χ1) is 12.6. The number of amides is 2. The quantitative estimate of drug-likeness (QED) is 0.843. The van der Waals surface area contributed by atoms with E-state index in [1.165, 1.54) is 24.3 Å². The molecule has 0 unspecified atom stereocenters. The van der Waals surface area contributed by atoms with Gasteiger partial charge >= 0.3 is 0 Å². The Morgan fingerprint density at radius 3 is 2.04 bits per heavy atom. The molecular weight excluding hydrogens is 338 g/mol. The molecule has 2 aromatic carbocycles. The molecule has 0 aliphatic carbocycles. The first-order valence-electron chi connectivity index (χ1n) is 8.61. The van der Waals surface area contributed by atoms with Crippen LogP contribution >= 0.6 is 0 Å². The van der Waals surface area contributed by atoms with Crippen molar-refractivity contribution in [2.24, 2.45) is 0 Å². The van der Waals surface area contributed by atoms with E-state index in [-0.39, 0.29) is 29.6 Å². The zero-order valence-corrected chi connectivity index (χ0v) is 14.3. The fourth-order valence-electron chi connectivity index (χ4n) is 3.06. The van der Waals surface area contributed by atoms with E-state index >= 15 is 0 Å². The second-order valence-corrected chi connectivity index (χ2v) is 6.24. The van der Waals surface area contributed by atoms with Crippen molar-refractivity contribution < 1.29 is 18.4 Å². The highest BCUT2D eigenvalue weighted by Crippen LogP contribution is 2.14. The summed E-state index contributed by atoms with van der Waals surface area (Å²) in [5.74, 6) is -1.27. The standard InChI is InChI=1S/C20H20F2N2O2/c21-17-7-3-1-5-15(17)9-10-19(25)23-11-13-24(14-12-23)20(26)16-6-2-4-8-18(16)22/h1-8H,9-14H2. The number of carbonyl (C=O) groups is 2. The first kappa shape index (κ1) is 18.0. The van der Waals surface area contributed by atoms with Crippen LogP contribution in [0.25, 0.3) is 0 Å². The summed E-state index contributed by atoms with van der Waals surface area (Å²) < 4.78 is 27.4. The molecule has 0 bridgehead atoms. The molecule has 0 N–H and O–H groups in total. The number of carbonyl (C=O) groups excluding carboxylic acids is 2. The van der Waals surface area contributed by atoms with E-state index in [0.29, 0.717) is 38.2 Å². The minimum absolute atomic E-state index is 0.0480. The van der Waals surface area contributed by atoms with Gasteiger partial charge in [0.15, 0.2) is 0 Å². The van der Waals surface area contributed by atoms with Crippen LogP contribution in [-0.4, -0.2) is 47.8 Å². The number of aryl methyl sites for hydroxylation is 1. The fourth-order valence-corrected chi connectivity index (χ4v) is 3.06. The van der Waals surface area contributed by atoms with Crippen molar-refractivity contribution in [1.29, 1.82) is 0 Å². The number of piperazine rings is 1. The summed E-state index contributed by atoms with van der Waals surface area (Å²) in [6.45, 7) is 1.52. The van der Waals surface area contributed by atoms with E-state index in [1.54, 1.807) is 34.1 Å². The third-order valence-corrected chi connectivity index (χ3v) is 4.59. The Balaban J connectivity index is 1.52. The minimum Gasteiger partial charge on any atom is -0.339 e. The molecule has 3 rings (SSSR count). The maximum Gasteiger partial charge on any atom is 0.256 e. The molecule has 6 heteroatoms. The van der Waals surface area contributed by atoms with Gasteiger partial charge in [0.25, 0.3) is 5.91 Å². The van der Waals surface area contributed by atoms with Gasteiger partial charge in [0.05, 0.1) is 5.56 Å². The number of halogens is 2. The molecule has 0 aromatic heterocycles. The predicted octanol–water partition coefficient (Wildman–Crippen LogP) is 2.88. The van der Waals surface area contributed by atoms with Crippen LogP contribution in [-0.2, 0) is 11.2 Å². The van der Waals surface area contributed by atoms with Crippen LogP contribution in [0.4, 0.5) is 8.78 Å². The lowest BCUT2D eigenvalue weighted by molar-refractivity contribution is -0.132. The lowest BCUT2D eigenvalue weighted by atomic mass is 10.1. The Hall–Kier alpha value is -2.76. The second kappa shape index (κ2) is 8.08. The predicted molar refractivity (Wildman–Crippen MR) is 93.6 cm³/mol. The Labute approximate surface area is 151 Å². The van der Waals surface area contributed by atoms with Crippen LogP contribution in [0.2, 0.25) is 0 Å². The summed E-state index contributed by atoms with van der Waals surface area (Å²) in [6, 6.07) is 12.3. The molecule has 136 valence electrons. The Morgan fingerprint density at radius 2 is 1.38 bits per heavy atom. The van der Waals surface area contributed by atoms with Gasteiger partial charge in [0.1, 0.15) is 11.6 Å². The molecule has 0 radical (unpaired) electrons. The molecule has 2 amide bonds. The molecule has 1 heterocycles. The summed E-state index contributed by atoms with van der Waals surface area (Å²) >= 11 is 0. The van der Waals surface area contributed by atoms with E-state index in [2.05, 4.69) is 0 Å². The zero-order chi connectivity index (χ0) is 18.5. The average molecular weight is 358 g/mol. The van der Waals surface area contributed by atoms with Crippen LogP contribution in [0.5, 0.6) is 0 Å². The normalized spacial score (nSPS) is 14.4. The van der Waals surface area contributed by atoms with Crippen LogP contribution in [0.3, 0.4) is 0 Å². The largest absolute Gasteiger partial charge is 0.339 e. The maximum atomic E-state index is 13.8. The Bertz CT molecular complexity index is 802. The third-order valence-electron chi connectivity index (χ3n) is 4.59. The van der Waals surface area contributed by atoms with Gasteiger partial charge in [-0.2, -0.15) is 0 Å². The SMILES string of the molecule is O=C(CCc1ccccc1F)N1CCN(C(=O)c2ccccc2F)CC1. The van der Waals surface area contributed by atoms with Crippen molar-refractivity contribution in [3.05, 3.63) is 71.3 Å². The zero-order valence-electron chi connectivity index (χ0n) is 14.3. The van der Waals surface area contributed by atoms with E-state index in [1.807, 2.05) is 0 Å². The summed E-state index contributed by atoms with van der Waals surface area (Å²) in [5, 5.41) is 0. The number of nitrogens with zero attached hydrogens (tertiary/aromatic N) is 2. The van der Waals surface area contributed by atoms with Gasteiger partial charge in [-0.3, -0.25) is 9.59 Å². The van der Waals surface area contributed by atoms with Gasteiger partial charge in [-0.1, -0.05) is 30.3 Å². The van der Waals surface area contributed by atoms with Crippen molar-refractivity contribution in [3.8, 4) is 0 Å². The number of hydrogen-bond donors (Lipinski definition) is 0. The Morgan fingerprint density at radius 1 is 0.808 bits per heavy atom. The highest BCUT2D eigenvalue weighted by molar-refractivity contribution is 5.94. The smallest absolute Gasteiger partial charge is 0.256 e. The van der Waals surface area contributed by atoms with Crippen LogP contribution < -0.4 is 0 Å². The minimum atomic E-state index is -0.541. The van der Waals surface area contributed by atoms with Gasteiger partial charge in [-0.05, 0) is 30.2 Å². The molecule has 0 spiro atoms. The van der Waals surface area contributed by atoms with E-state index < -0.39 is 5.82 Å². The molecule has 4 nitrogen and oxygen atoms in total. The molecule has 26 heavy (non-hydrogen) atoms.